The molecule has 0 amide bonds. The van der Waals surface area contributed by atoms with E-state index in [0.717, 1.165) is 6.42 Å². The van der Waals surface area contributed by atoms with Crippen molar-refractivity contribution in [1.29, 1.82) is 0 Å². The Morgan fingerprint density at radius 3 is 1.35 bits per heavy atom. The lowest BCUT2D eigenvalue weighted by Gasteiger charge is -2.20. The van der Waals surface area contributed by atoms with E-state index in [-0.39, 0.29) is 6.10 Å². The number of hydrogen-bond acceptors (Lipinski definition) is 3. The number of rotatable bonds is 21. The van der Waals surface area contributed by atoms with Gasteiger partial charge in [0.25, 0.3) is 0 Å². The molecular formula is C22H48O3Si. The molecule has 0 saturated heterocycles. The monoisotopic (exact) mass is 388 g/mol. The van der Waals surface area contributed by atoms with E-state index in [0.29, 0.717) is 13.2 Å². The highest BCUT2D eigenvalue weighted by molar-refractivity contribution is 6.36. The molecule has 0 radical (unpaired) electrons. The molecule has 4 heteroatoms. The molecule has 0 spiro atoms. The van der Waals surface area contributed by atoms with Crippen LogP contribution < -0.4 is 0 Å². The molecule has 0 rings (SSSR count). The third-order valence-corrected chi connectivity index (χ3v) is 6.81. The van der Waals surface area contributed by atoms with Gasteiger partial charge in [-0.2, -0.15) is 0 Å². The predicted octanol–water partition coefficient (Wildman–Crippen LogP) is 7.05. The van der Waals surface area contributed by atoms with Gasteiger partial charge in [0.05, 0.1) is 0 Å². The van der Waals surface area contributed by atoms with Crippen molar-refractivity contribution in [3.05, 3.63) is 0 Å². The predicted molar refractivity (Wildman–Crippen MR) is 116 cm³/mol. The molecule has 26 heavy (non-hydrogen) atoms. The summed E-state index contributed by atoms with van der Waals surface area (Å²) in [5.74, 6) is 0. The second-order valence-electron chi connectivity index (χ2n) is 7.53. The van der Waals surface area contributed by atoms with Crippen LogP contribution >= 0.6 is 0 Å². The third kappa shape index (κ3) is 18.9. The minimum absolute atomic E-state index is 0.266. The molecule has 0 aliphatic carbocycles. The van der Waals surface area contributed by atoms with Crippen LogP contribution in [0.3, 0.4) is 0 Å². The van der Waals surface area contributed by atoms with Gasteiger partial charge >= 0.3 is 9.53 Å². The van der Waals surface area contributed by atoms with Crippen LogP contribution in [-0.4, -0.2) is 28.8 Å². The average Bonchev–Trinajstić information content (AvgIpc) is 2.62. The van der Waals surface area contributed by atoms with E-state index in [4.69, 9.17) is 13.3 Å². The van der Waals surface area contributed by atoms with Gasteiger partial charge in [0, 0.05) is 19.3 Å². The minimum Gasteiger partial charge on any atom is -0.376 e. The molecule has 0 bridgehead atoms. The summed E-state index contributed by atoms with van der Waals surface area (Å²) in [6.45, 7) is 9.81. The maximum absolute atomic E-state index is 5.94. The Hall–Kier alpha value is 0.0969. The van der Waals surface area contributed by atoms with E-state index in [1.54, 1.807) is 0 Å². The van der Waals surface area contributed by atoms with E-state index in [1.807, 2.05) is 13.8 Å². The zero-order chi connectivity index (χ0) is 19.3. The summed E-state index contributed by atoms with van der Waals surface area (Å²) in [6.07, 6.45) is 21.1. The smallest absolute Gasteiger partial charge is 0.376 e. The summed E-state index contributed by atoms with van der Waals surface area (Å²) in [4.78, 5) is 0. The van der Waals surface area contributed by atoms with Crippen molar-refractivity contribution in [3.63, 3.8) is 0 Å². The lowest BCUT2D eigenvalue weighted by molar-refractivity contribution is 0.0659. The van der Waals surface area contributed by atoms with Crippen molar-refractivity contribution < 1.29 is 13.3 Å². The summed E-state index contributed by atoms with van der Waals surface area (Å²) in [7, 11) is -1.88. The summed E-state index contributed by atoms with van der Waals surface area (Å²) in [5.41, 5.74) is 0. The van der Waals surface area contributed by atoms with Gasteiger partial charge in [-0.3, -0.25) is 0 Å². The molecule has 0 N–H and O–H groups in total. The largest absolute Gasteiger partial charge is 0.484 e. The second kappa shape index (κ2) is 21.4. The molecule has 0 aromatic carbocycles. The van der Waals surface area contributed by atoms with Gasteiger partial charge in [0.1, 0.15) is 0 Å². The molecule has 0 saturated carbocycles. The third-order valence-electron chi connectivity index (χ3n) is 4.91. The van der Waals surface area contributed by atoms with Crippen LogP contribution in [0, 0.1) is 0 Å². The Labute approximate surface area is 166 Å². The van der Waals surface area contributed by atoms with Crippen LogP contribution in [0.1, 0.15) is 124 Å². The van der Waals surface area contributed by atoms with Crippen molar-refractivity contribution in [1.82, 2.24) is 0 Å². The molecule has 0 aliphatic heterocycles. The molecule has 0 aromatic rings. The molecule has 1 unspecified atom stereocenters. The zero-order valence-electron chi connectivity index (χ0n) is 18.4. The SMILES string of the molecule is CCCCCCCCCCCCCCCCC(C)O[SiH](OCC)OCC. The first kappa shape index (κ1) is 26.1. The first-order valence-electron chi connectivity index (χ1n) is 11.6. The van der Waals surface area contributed by atoms with Crippen molar-refractivity contribution in [2.24, 2.45) is 0 Å². The van der Waals surface area contributed by atoms with Gasteiger partial charge in [-0.15, -0.1) is 0 Å². The minimum atomic E-state index is -1.88. The van der Waals surface area contributed by atoms with Crippen molar-refractivity contribution >= 4 is 9.53 Å². The topological polar surface area (TPSA) is 27.7 Å². The zero-order valence-corrected chi connectivity index (χ0v) is 19.6. The van der Waals surface area contributed by atoms with E-state index in [1.165, 1.54) is 89.9 Å². The van der Waals surface area contributed by atoms with Crippen LogP contribution in [0.2, 0.25) is 0 Å². The maximum Gasteiger partial charge on any atom is 0.484 e. The second-order valence-corrected chi connectivity index (χ2v) is 9.05. The lowest BCUT2D eigenvalue weighted by Crippen LogP contribution is -2.31. The highest BCUT2D eigenvalue weighted by atomic mass is 28.3. The van der Waals surface area contributed by atoms with Crippen molar-refractivity contribution in [2.75, 3.05) is 13.2 Å². The standard InChI is InChI=1S/C22H48O3Si/c1-5-8-9-10-11-12-13-14-15-16-17-18-19-20-21-22(4)25-26(23-6-2)24-7-3/h22,26H,5-21H2,1-4H3. The summed E-state index contributed by atoms with van der Waals surface area (Å²) < 4.78 is 17.1. The highest BCUT2D eigenvalue weighted by Gasteiger charge is 2.17. The molecule has 3 nitrogen and oxygen atoms in total. The van der Waals surface area contributed by atoms with E-state index >= 15 is 0 Å². The Morgan fingerprint density at radius 2 is 0.962 bits per heavy atom. The fourth-order valence-corrected chi connectivity index (χ4v) is 4.60. The normalized spacial score (nSPS) is 12.8. The molecular weight excluding hydrogens is 340 g/mol. The first-order chi connectivity index (χ1) is 12.7. The van der Waals surface area contributed by atoms with Gasteiger partial charge in [-0.1, -0.05) is 96.8 Å². The van der Waals surface area contributed by atoms with Crippen LogP contribution in [0.5, 0.6) is 0 Å². The Balaban J connectivity index is 3.29. The fraction of sp³-hybridized carbons (Fsp3) is 1.00. The van der Waals surface area contributed by atoms with Gasteiger partial charge in [-0.05, 0) is 27.2 Å². The van der Waals surface area contributed by atoms with Crippen molar-refractivity contribution in [2.45, 2.75) is 130 Å². The van der Waals surface area contributed by atoms with Gasteiger partial charge in [0.2, 0.25) is 0 Å². The van der Waals surface area contributed by atoms with Crippen LogP contribution in [0.25, 0.3) is 0 Å². The average molecular weight is 389 g/mol. The molecule has 0 heterocycles. The Morgan fingerprint density at radius 1 is 0.577 bits per heavy atom. The van der Waals surface area contributed by atoms with E-state index in [2.05, 4.69) is 13.8 Å². The molecule has 0 aliphatic rings. The molecule has 0 aromatic heterocycles. The summed E-state index contributed by atoms with van der Waals surface area (Å²) in [5, 5.41) is 0. The number of hydrogen-bond donors (Lipinski definition) is 0. The van der Waals surface area contributed by atoms with Gasteiger partial charge in [-0.25, -0.2) is 0 Å². The van der Waals surface area contributed by atoms with Gasteiger partial charge in [0.15, 0.2) is 0 Å². The molecule has 1 atom stereocenters. The van der Waals surface area contributed by atoms with Crippen LogP contribution in [-0.2, 0) is 13.3 Å². The van der Waals surface area contributed by atoms with Crippen LogP contribution in [0.4, 0.5) is 0 Å². The van der Waals surface area contributed by atoms with Crippen molar-refractivity contribution in [3.8, 4) is 0 Å². The fourth-order valence-electron chi connectivity index (χ4n) is 3.28. The number of unbranched alkanes of at least 4 members (excludes halogenated alkanes) is 13. The maximum atomic E-state index is 5.94. The Bertz CT molecular complexity index is 258. The highest BCUT2D eigenvalue weighted by Crippen LogP contribution is 2.14. The van der Waals surface area contributed by atoms with Gasteiger partial charge < -0.3 is 13.3 Å². The quantitative estimate of drug-likeness (QED) is 0.156. The molecule has 158 valence electrons. The van der Waals surface area contributed by atoms with E-state index < -0.39 is 9.53 Å². The first-order valence-corrected chi connectivity index (χ1v) is 13.0. The summed E-state index contributed by atoms with van der Waals surface area (Å²) in [6, 6.07) is 0. The lowest BCUT2D eigenvalue weighted by atomic mass is 10.0. The van der Waals surface area contributed by atoms with Crippen LogP contribution in [0.15, 0.2) is 0 Å². The summed E-state index contributed by atoms with van der Waals surface area (Å²) >= 11 is 0. The van der Waals surface area contributed by atoms with E-state index in [9.17, 15) is 0 Å². The molecule has 0 fully saturated rings. The Kier molecular flexibility index (Phi) is 21.5.